The maximum absolute atomic E-state index is 12.8. The molecule has 2 saturated heterocycles. The summed E-state index contributed by atoms with van der Waals surface area (Å²) in [5.74, 6) is 4.49. The van der Waals surface area contributed by atoms with Gasteiger partial charge in [0, 0.05) is 6.54 Å². The summed E-state index contributed by atoms with van der Waals surface area (Å²) < 4.78 is 0. The van der Waals surface area contributed by atoms with E-state index in [-0.39, 0.29) is 5.54 Å². The Hall–Kier alpha value is -0.220. The Labute approximate surface area is 126 Å². The van der Waals surface area contributed by atoms with Gasteiger partial charge in [-0.25, -0.2) is 0 Å². The molecule has 0 bridgehead atoms. The summed E-state index contributed by atoms with van der Waals surface area (Å²) in [6.45, 7) is 1.02. The summed E-state index contributed by atoms with van der Waals surface area (Å²) in [4.78, 5) is 15.1. The van der Waals surface area contributed by atoms with Crippen molar-refractivity contribution < 1.29 is 4.79 Å². The van der Waals surface area contributed by atoms with Gasteiger partial charge >= 0.3 is 0 Å². The van der Waals surface area contributed by atoms with Crippen LogP contribution in [0, 0.1) is 11.8 Å². The van der Waals surface area contributed by atoms with Gasteiger partial charge in [-0.2, -0.15) is 11.8 Å². The van der Waals surface area contributed by atoms with Crippen LogP contribution in [0.1, 0.15) is 51.4 Å². The second-order valence-corrected chi connectivity index (χ2v) is 8.45. The monoisotopic (exact) mass is 294 g/mol. The predicted molar refractivity (Wildman–Crippen MR) is 82.6 cm³/mol. The fraction of sp³-hybridized carbons (Fsp3) is 0.938. The molecule has 1 unspecified atom stereocenters. The summed E-state index contributed by atoms with van der Waals surface area (Å²) in [5.41, 5.74) is -0.114. The molecule has 4 rings (SSSR count). The van der Waals surface area contributed by atoms with E-state index in [1.807, 2.05) is 0 Å². The molecular formula is C16H26N2OS. The molecule has 0 radical (unpaired) electrons. The van der Waals surface area contributed by atoms with Crippen molar-refractivity contribution in [2.75, 3.05) is 18.1 Å². The van der Waals surface area contributed by atoms with Crippen LogP contribution in [0.4, 0.5) is 0 Å². The van der Waals surface area contributed by atoms with Crippen molar-refractivity contribution in [2.24, 2.45) is 11.8 Å². The third kappa shape index (κ3) is 2.29. The molecule has 4 aliphatic rings. The molecule has 20 heavy (non-hydrogen) atoms. The highest BCUT2D eigenvalue weighted by Gasteiger charge is 2.60. The first-order chi connectivity index (χ1) is 9.78. The average Bonchev–Trinajstić information content (AvgIpc) is 2.96. The summed E-state index contributed by atoms with van der Waals surface area (Å²) in [6.07, 6.45) is 10.5. The van der Waals surface area contributed by atoms with Crippen LogP contribution in [0.5, 0.6) is 0 Å². The van der Waals surface area contributed by atoms with E-state index >= 15 is 0 Å². The number of nitrogens with zero attached hydrogens (tertiary/aromatic N) is 1. The zero-order valence-electron chi connectivity index (χ0n) is 12.3. The van der Waals surface area contributed by atoms with Gasteiger partial charge in [0.2, 0.25) is 5.91 Å². The lowest BCUT2D eigenvalue weighted by Crippen LogP contribution is -2.45. The van der Waals surface area contributed by atoms with Gasteiger partial charge in [-0.3, -0.25) is 10.1 Å². The minimum atomic E-state index is -0.114. The first-order valence-corrected chi connectivity index (χ1v) is 9.60. The number of nitrogens with one attached hydrogen (secondary N) is 1. The van der Waals surface area contributed by atoms with E-state index in [1.165, 1.54) is 50.0 Å². The molecule has 0 aromatic carbocycles. The van der Waals surface area contributed by atoms with Crippen LogP contribution < -0.4 is 5.32 Å². The van der Waals surface area contributed by atoms with Gasteiger partial charge in [-0.15, -0.1) is 0 Å². The first-order valence-electron chi connectivity index (χ1n) is 8.45. The van der Waals surface area contributed by atoms with Gasteiger partial charge in [0.05, 0.1) is 11.7 Å². The highest BCUT2D eigenvalue weighted by Crippen LogP contribution is 2.46. The first kappa shape index (κ1) is 13.4. The fourth-order valence-corrected chi connectivity index (χ4v) is 5.56. The lowest BCUT2D eigenvalue weighted by Gasteiger charge is -2.33. The van der Waals surface area contributed by atoms with Gasteiger partial charge < -0.3 is 4.90 Å². The van der Waals surface area contributed by atoms with Crippen LogP contribution in [0.15, 0.2) is 0 Å². The average molecular weight is 294 g/mol. The maximum Gasteiger partial charge on any atom is 0.244 e. The minimum Gasteiger partial charge on any atom is -0.325 e. The third-order valence-corrected chi connectivity index (χ3v) is 6.87. The van der Waals surface area contributed by atoms with Crippen LogP contribution in [0.2, 0.25) is 0 Å². The van der Waals surface area contributed by atoms with E-state index in [0.29, 0.717) is 12.1 Å². The molecule has 2 aliphatic carbocycles. The number of hydrogen-bond donors (Lipinski definition) is 1. The molecule has 0 aromatic rings. The lowest BCUT2D eigenvalue weighted by atomic mass is 9.99. The number of carbonyl (C=O) groups excluding carboxylic acids is 1. The second kappa shape index (κ2) is 5.20. The van der Waals surface area contributed by atoms with E-state index in [0.717, 1.165) is 31.2 Å². The Bertz CT molecular complexity index is 384. The van der Waals surface area contributed by atoms with E-state index in [9.17, 15) is 4.79 Å². The SMILES string of the molecule is O=C1N(CC2CCSCC2)C(C2CCCC2)NC12CC2. The van der Waals surface area contributed by atoms with E-state index < -0.39 is 0 Å². The second-order valence-electron chi connectivity index (χ2n) is 7.23. The van der Waals surface area contributed by atoms with Crippen LogP contribution in [-0.4, -0.2) is 40.6 Å². The van der Waals surface area contributed by atoms with E-state index in [2.05, 4.69) is 22.0 Å². The predicted octanol–water partition coefficient (Wildman–Crippen LogP) is 2.61. The summed E-state index contributed by atoms with van der Waals surface area (Å²) in [5, 5.41) is 3.74. The van der Waals surface area contributed by atoms with Gasteiger partial charge in [0.25, 0.3) is 0 Å². The summed E-state index contributed by atoms with van der Waals surface area (Å²) in [6, 6.07) is 0. The zero-order valence-corrected chi connectivity index (χ0v) is 13.1. The smallest absolute Gasteiger partial charge is 0.244 e. The number of carbonyl (C=O) groups is 1. The largest absolute Gasteiger partial charge is 0.325 e. The zero-order chi connectivity index (χ0) is 13.6. The third-order valence-electron chi connectivity index (χ3n) is 5.82. The normalized spacial score (nSPS) is 34.3. The van der Waals surface area contributed by atoms with Crippen molar-refractivity contribution >= 4 is 17.7 Å². The molecule has 1 amide bonds. The van der Waals surface area contributed by atoms with Gasteiger partial charge in [0.15, 0.2) is 0 Å². The Morgan fingerprint density at radius 1 is 1.15 bits per heavy atom. The Morgan fingerprint density at radius 3 is 2.50 bits per heavy atom. The van der Waals surface area contributed by atoms with Gasteiger partial charge in [0.1, 0.15) is 0 Å². The molecule has 2 heterocycles. The molecule has 1 atom stereocenters. The molecule has 1 N–H and O–H groups in total. The van der Waals surface area contributed by atoms with Crippen LogP contribution in [0.25, 0.3) is 0 Å². The Balaban J connectivity index is 1.49. The Morgan fingerprint density at radius 2 is 1.85 bits per heavy atom. The minimum absolute atomic E-state index is 0.114. The maximum atomic E-state index is 12.8. The quantitative estimate of drug-likeness (QED) is 0.868. The van der Waals surface area contributed by atoms with E-state index in [1.54, 1.807) is 0 Å². The lowest BCUT2D eigenvalue weighted by molar-refractivity contribution is -0.132. The molecule has 4 fully saturated rings. The highest BCUT2D eigenvalue weighted by atomic mass is 32.2. The summed E-state index contributed by atoms with van der Waals surface area (Å²) >= 11 is 2.08. The molecule has 4 heteroatoms. The molecule has 3 nitrogen and oxygen atoms in total. The molecule has 1 spiro atoms. The molecule has 112 valence electrons. The number of amides is 1. The van der Waals surface area contributed by atoms with Crippen molar-refractivity contribution in [3.8, 4) is 0 Å². The highest BCUT2D eigenvalue weighted by molar-refractivity contribution is 7.99. The molecule has 2 saturated carbocycles. The van der Waals surface area contributed by atoms with E-state index in [4.69, 9.17) is 0 Å². The molecule has 0 aromatic heterocycles. The van der Waals surface area contributed by atoms with Crippen LogP contribution in [-0.2, 0) is 4.79 Å². The topological polar surface area (TPSA) is 32.3 Å². The number of rotatable bonds is 3. The Kier molecular flexibility index (Phi) is 3.50. The number of hydrogen-bond acceptors (Lipinski definition) is 3. The van der Waals surface area contributed by atoms with Gasteiger partial charge in [-0.1, -0.05) is 12.8 Å². The van der Waals surface area contributed by atoms with Gasteiger partial charge in [-0.05, 0) is 61.9 Å². The van der Waals surface area contributed by atoms with Crippen molar-refractivity contribution in [1.82, 2.24) is 10.2 Å². The van der Waals surface area contributed by atoms with Crippen molar-refractivity contribution in [3.05, 3.63) is 0 Å². The fourth-order valence-electron chi connectivity index (χ4n) is 4.36. The number of thioether (sulfide) groups is 1. The van der Waals surface area contributed by atoms with Crippen LogP contribution >= 0.6 is 11.8 Å². The molecular weight excluding hydrogens is 268 g/mol. The van der Waals surface area contributed by atoms with Crippen molar-refractivity contribution in [1.29, 1.82) is 0 Å². The standard InChI is InChI=1S/C16H26N2OS/c19-15-16(7-8-16)17-14(13-3-1-2-4-13)18(15)11-12-5-9-20-10-6-12/h12-14,17H,1-11H2. The molecule has 2 aliphatic heterocycles. The van der Waals surface area contributed by atoms with Crippen molar-refractivity contribution in [2.45, 2.75) is 63.1 Å². The van der Waals surface area contributed by atoms with Crippen molar-refractivity contribution in [3.63, 3.8) is 0 Å². The summed E-state index contributed by atoms with van der Waals surface area (Å²) in [7, 11) is 0. The van der Waals surface area contributed by atoms with Crippen LogP contribution in [0.3, 0.4) is 0 Å².